The van der Waals surface area contributed by atoms with Crippen LogP contribution >= 0.6 is 0 Å². The van der Waals surface area contributed by atoms with Crippen LogP contribution in [0.4, 0.5) is 0 Å². The van der Waals surface area contributed by atoms with Crippen molar-refractivity contribution in [2.75, 3.05) is 19.6 Å². The number of rotatable bonds is 2. The van der Waals surface area contributed by atoms with Gasteiger partial charge in [-0.1, -0.05) is 0 Å². The highest BCUT2D eigenvalue weighted by atomic mass is 16.5. The number of piperidine rings is 1. The average Bonchev–Trinajstić information content (AvgIpc) is 3.12. The van der Waals surface area contributed by atoms with Gasteiger partial charge in [0.05, 0.1) is 0 Å². The van der Waals surface area contributed by atoms with E-state index in [0.29, 0.717) is 6.54 Å². The number of hydrogen-bond donors (Lipinski definition) is 1. The third-order valence-electron chi connectivity index (χ3n) is 6.04. The van der Waals surface area contributed by atoms with E-state index in [1.807, 2.05) is 29.3 Å². The molecule has 6 nitrogen and oxygen atoms in total. The van der Waals surface area contributed by atoms with Crippen LogP contribution in [0.15, 0.2) is 24.4 Å². The molecule has 0 radical (unpaired) electrons. The van der Waals surface area contributed by atoms with Gasteiger partial charge in [-0.2, -0.15) is 0 Å². The maximum atomic E-state index is 13.1. The van der Waals surface area contributed by atoms with Crippen LogP contribution in [0.5, 0.6) is 5.75 Å². The molecular formula is C22H26N4O2. The van der Waals surface area contributed by atoms with Crippen LogP contribution in [-0.2, 0) is 19.4 Å². The molecule has 146 valence electrons. The second-order valence-corrected chi connectivity index (χ2v) is 8.17. The number of carbonyl (C=O) groups excluding carboxylic acids is 1. The van der Waals surface area contributed by atoms with Crippen LogP contribution < -0.4 is 10.1 Å². The van der Waals surface area contributed by atoms with Gasteiger partial charge < -0.3 is 15.0 Å². The summed E-state index contributed by atoms with van der Waals surface area (Å²) in [6, 6.07) is 5.84. The molecule has 0 bridgehead atoms. The lowest BCUT2D eigenvalue weighted by molar-refractivity contribution is 0.0704. The standard InChI is InChI=1S/C22H26N4O2/c1-14-9-17-10-15(4-5-20(17)28-14)22(27)26-8-2-3-16(13-26)21-24-12-18-11-23-7-6-19(18)25-21/h4-5,10,12,14,16,23H,2-3,6-9,11,13H2,1H3/t14-,16+/m0/s1. The van der Waals surface area contributed by atoms with E-state index in [0.717, 1.165) is 68.0 Å². The first-order valence-corrected chi connectivity index (χ1v) is 10.3. The van der Waals surface area contributed by atoms with E-state index in [1.165, 1.54) is 11.3 Å². The molecule has 3 aliphatic rings. The normalized spacial score (nSPS) is 23.7. The number of nitrogens with zero attached hydrogens (tertiary/aromatic N) is 3. The molecule has 0 spiro atoms. The van der Waals surface area contributed by atoms with E-state index >= 15 is 0 Å². The Labute approximate surface area is 165 Å². The van der Waals surface area contributed by atoms with Crippen LogP contribution in [0.1, 0.15) is 58.7 Å². The number of hydrogen-bond acceptors (Lipinski definition) is 5. The van der Waals surface area contributed by atoms with E-state index in [-0.39, 0.29) is 17.9 Å². The van der Waals surface area contributed by atoms with Gasteiger partial charge in [0.1, 0.15) is 17.7 Å². The Bertz CT molecular complexity index is 913. The monoisotopic (exact) mass is 378 g/mol. The van der Waals surface area contributed by atoms with Gasteiger partial charge in [-0.25, -0.2) is 9.97 Å². The molecule has 1 aromatic carbocycles. The van der Waals surface area contributed by atoms with Gasteiger partial charge >= 0.3 is 0 Å². The van der Waals surface area contributed by atoms with Crippen molar-refractivity contribution in [3.8, 4) is 5.75 Å². The van der Waals surface area contributed by atoms with Crippen LogP contribution in [0.25, 0.3) is 0 Å². The van der Waals surface area contributed by atoms with Crippen LogP contribution in [0, 0.1) is 0 Å². The Morgan fingerprint density at radius 2 is 2.25 bits per heavy atom. The fraction of sp³-hybridized carbons (Fsp3) is 0.500. The zero-order valence-electron chi connectivity index (χ0n) is 16.3. The fourth-order valence-electron chi connectivity index (χ4n) is 4.56. The van der Waals surface area contributed by atoms with Gasteiger partial charge in [0.25, 0.3) is 5.91 Å². The summed E-state index contributed by atoms with van der Waals surface area (Å²) in [6.45, 7) is 5.38. The molecule has 3 aliphatic heterocycles. The first-order valence-electron chi connectivity index (χ1n) is 10.3. The predicted octanol–water partition coefficient (Wildman–Crippen LogP) is 2.47. The third kappa shape index (κ3) is 3.26. The van der Waals surface area contributed by atoms with Crippen molar-refractivity contribution in [3.05, 3.63) is 52.6 Å². The highest BCUT2D eigenvalue weighted by Gasteiger charge is 2.29. The van der Waals surface area contributed by atoms with Crippen LogP contribution in [0.2, 0.25) is 0 Å². The molecule has 2 atom stereocenters. The summed E-state index contributed by atoms with van der Waals surface area (Å²) in [7, 11) is 0. The first kappa shape index (κ1) is 17.6. The summed E-state index contributed by atoms with van der Waals surface area (Å²) < 4.78 is 5.76. The average molecular weight is 378 g/mol. The molecule has 0 aliphatic carbocycles. The van der Waals surface area contributed by atoms with Crippen molar-refractivity contribution >= 4 is 5.91 Å². The smallest absolute Gasteiger partial charge is 0.253 e. The molecule has 1 N–H and O–H groups in total. The molecule has 28 heavy (non-hydrogen) atoms. The molecule has 1 aromatic heterocycles. The quantitative estimate of drug-likeness (QED) is 0.870. The Morgan fingerprint density at radius 3 is 3.18 bits per heavy atom. The van der Waals surface area contributed by atoms with Crippen molar-refractivity contribution in [1.82, 2.24) is 20.2 Å². The van der Waals surface area contributed by atoms with Gasteiger partial charge in [-0.05, 0) is 43.5 Å². The number of likely N-dealkylation sites (tertiary alicyclic amines) is 1. The summed E-state index contributed by atoms with van der Waals surface area (Å²) in [6.07, 6.45) is 6.01. The molecule has 6 heteroatoms. The lowest BCUT2D eigenvalue weighted by Crippen LogP contribution is -2.39. The van der Waals surface area contributed by atoms with E-state index in [1.54, 1.807) is 0 Å². The fourth-order valence-corrected chi connectivity index (χ4v) is 4.56. The van der Waals surface area contributed by atoms with Crippen molar-refractivity contribution in [2.24, 2.45) is 0 Å². The minimum Gasteiger partial charge on any atom is -0.490 e. The van der Waals surface area contributed by atoms with Crippen molar-refractivity contribution in [1.29, 1.82) is 0 Å². The highest BCUT2D eigenvalue weighted by molar-refractivity contribution is 5.94. The molecule has 2 aromatic rings. The SMILES string of the molecule is C[C@H]1Cc2cc(C(=O)N3CCC[C@@H](c4ncc5c(n4)CCNC5)C3)ccc2O1. The topological polar surface area (TPSA) is 67.4 Å². The van der Waals surface area contributed by atoms with Gasteiger partial charge in [0.2, 0.25) is 0 Å². The summed E-state index contributed by atoms with van der Waals surface area (Å²) >= 11 is 0. The predicted molar refractivity (Wildman–Crippen MR) is 106 cm³/mol. The maximum absolute atomic E-state index is 13.1. The third-order valence-corrected chi connectivity index (χ3v) is 6.04. The van der Waals surface area contributed by atoms with Crippen LogP contribution in [-0.4, -0.2) is 46.5 Å². The maximum Gasteiger partial charge on any atom is 0.253 e. The van der Waals surface area contributed by atoms with E-state index in [4.69, 9.17) is 9.72 Å². The minimum atomic E-state index is 0.106. The minimum absolute atomic E-state index is 0.106. The number of benzene rings is 1. The largest absolute Gasteiger partial charge is 0.490 e. The van der Waals surface area contributed by atoms with Crippen LogP contribution in [0.3, 0.4) is 0 Å². The van der Waals surface area contributed by atoms with Gasteiger partial charge in [-0.3, -0.25) is 4.79 Å². The number of nitrogens with one attached hydrogen (secondary N) is 1. The molecular weight excluding hydrogens is 352 g/mol. The number of ether oxygens (including phenoxy) is 1. The number of amides is 1. The molecule has 4 heterocycles. The molecule has 1 saturated heterocycles. The number of fused-ring (bicyclic) bond motifs is 2. The molecule has 0 unspecified atom stereocenters. The summed E-state index contributed by atoms with van der Waals surface area (Å²) in [4.78, 5) is 24.6. The van der Waals surface area contributed by atoms with Gasteiger partial charge in [0, 0.05) is 68.0 Å². The second-order valence-electron chi connectivity index (χ2n) is 8.17. The number of carbonyl (C=O) groups is 1. The van der Waals surface area contributed by atoms with E-state index in [2.05, 4.69) is 17.2 Å². The summed E-state index contributed by atoms with van der Waals surface area (Å²) in [5.41, 5.74) is 4.27. The summed E-state index contributed by atoms with van der Waals surface area (Å²) in [5, 5.41) is 3.36. The molecule has 5 rings (SSSR count). The molecule has 1 fully saturated rings. The molecule has 0 saturated carbocycles. The number of aromatic nitrogens is 2. The second kappa shape index (κ2) is 7.17. The highest BCUT2D eigenvalue weighted by Crippen LogP contribution is 2.31. The summed E-state index contributed by atoms with van der Waals surface area (Å²) in [5.74, 6) is 2.14. The van der Waals surface area contributed by atoms with Gasteiger partial charge in [0.15, 0.2) is 0 Å². The zero-order chi connectivity index (χ0) is 19.1. The zero-order valence-corrected chi connectivity index (χ0v) is 16.3. The Kier molecular flexibility index (Phi) is 4.51. The van der Waals surface area contributed by atoms with Crippen molar-refractivity contribution in [3.63, 3.8) is 0 Å². The van der Waals surface area contributed by atoms with Crippen molar-refractivity contribution < 1.29 is 9.53 Å². The first-order chi connectivity index (χ1) is 13.7. The van der Waals surface area contributed by atoms with Gasteiger partial charge in [-0.15, -0.1) is 0 Å². The van der Waals surface area contributed by atoms with E-state index < -0.39 is 0 Å². The lowest BCUT2D eigenvalue weighted by Gasteiger charge is -2.32. The Hall–Kier alpha value is -2.47. The van der Waals surface area contributed by atoms with Crippen molar-refractivity contribution in [2.45, 2.75) is 51.2 Å². The molecule has 1 amide bonds. The lowest BCUT2D eigenvalue weighted by atomic mass is 9.95. The Balaban J connectivity index is 1.33. The Morgan fingerprint density at radius 1 is 1.32 bits per heavy atom. The van der Waals surface area contributed by atoms with E-state index in [9.17, 15) is 4.79 Å².